The lowest BCUT2D eigenvalue weighted by atomic mass is 10.1. The van der Waals surface area contributed by atoms with E-state index in [0.717, 1.165) is 51.5 Å². The number of rotatable bonds is 5. The molecule has 1 saturated heterocycles. The van der Waals surface area contributed by atoms with Crippen LogP contribution in [0.3, 0.4) is 0 Å². The number of fused-ring (bicyclic) bond motifs is 1. The fraction of sp³-hybridized carbons (Fsp3) is 0.632. The first-order valence-corrected chi connectivity index (χ1v) is 9.72. The zero-order valence-electron chi connectivity index (χ0n) is 15.6. The third kappa shape index (κ3) is 3.88. The van der Waals surface area contributed by atoms with Gasteiger partial charge in [0.05, 0.1) is 18.4 Å². The second kappa shape index (κ2) is 7.72. The van der Waals surface area contributed by atoms with Gasteiger partial charge >= 0.3 is 0 Å². The summed E-state index contributed by atoms with van der Waals surface area (Å²) in [4.78, 5) is 16.8. The lowest BCUT2D eigenvalue weighted by molar-refractivity contribution is 0.122. The van der Waals surface area contributed by atoms with Crippen molar-refractivity contribution in [1.82, 2.24) is 29.4 Å². The Bertz CT molecular complexity index is 803. The highest BCUT2D eigenvalue weighted by Gasteiger charge is 2.20. The van der Waals surface area contributed by atoms with E-state index in [1.807, 2.05) is 6.92 Å². The first-order chi connectivity index (χ1) is 12.7. The first kappa shape index (κ1) is 17.4. The Labute approximate surface area is 154 Å². The molecule has 0 aromatic carbocycles. The van der Waals surface area contributed by atoms with Gasteiger partial charge in [-0.2, -0.15) is 10.2 Å². The molecule has 1 fully saturated rings. The molecule has 0 bridgehead atoms. The third-order valence-electron chi connectivity index (χ3n) is 5.56. The minimum Gasteiger partial charge on any atom is -0.299 e. The quantitative estimate of drug-likeness (QED) is 0.797. The van der Waals surface area contributed by atoms with Crippen molar-refractivity contribution in [2.75, 3.05) is 32.7 Å². The minimum absolute atomic E-state index is 0.0137. The van der Waals surface area contributed by atoms with Crippen molar-refractivity contribution in [2.45, 2.75) is 45.8 Å². The number of aromatic nitrogens is 4. The molecular formula is C19H28N6O. The molecule has 2 aliphatic rings. The van der Waals surface area contributed by atoms with Crippen LogP contribution in [0.4, 0.5) is 0 Å². The molecule has 26 heavy (non-hydrogen) atoms. The number of nitrogens with zero attached hydrogens (tertiary/aromatic N) is 6. The van der Waals surface area contributed by atoms with Gasteiger partial charge in [-0.15, -0.1) is 0 Å². The van der Waals surface area contributed by atoms with Crippen molar-refractivity contribution < 1.29 is 0 Å². The predicted octanol–water partition coefficient (Wildman–Crippen LogP) is 0.902. The molecule has 7 nitrogen and oxygen atoms in total. The van der Waals surface area contributed by atoms with Crippen LogP contribution < -0.4 is 5.56 Å². The average molecular weight is 356 g/mol. The lowest BCUT2D eigenvalue weighted by Gasteiger charge is -2.34. The largest absolute Gasteiger partial charge is 0.299 e. The van der Waals surface area contributed by atoms with Crippen LogP contribution in [0.1, 0.15) is 29.8 Å². The highest BCUT2D eigenvalue weighted by atomic mass is 16.1. The fourth-order valence-corrected chi connectivity index (χ4v) is 3.98. The SMILES string of the molecule is Cc1ccc(=O)n(CCN2CCN(Cc3cnn4c3CCCC4)CC2)n1. The van der Waals surface area contributed by atoms with Gasteiger partial charge in [-0.25, -0.2) is 4.68 Å². The van der Waals surface area contributed by atoms with Crippen molar-refractivity contribution in [3.05, 3.63) is 45.6 Å². The van der Waals surface area contributed by atoms with Crippen molar-refractivity contribution in [1.29, 1.82) is 0 Å². The maximum absolute atomic E-state index is 11.9. The van der Waals surface area contributed by atoms with E-state index in [0.29, 0.717) is 6.54 Å². The Balaban J connectivity index is 1.27. The summed E-state index contributed by atoms with van der Waals surface area (Å²) in [6.45, 7) is 9.79. The predicted molar refractivity (Wildman–Crippen MR) is 100 cm³/mol. The Morgan fingerprint density at radius 2 is 1.81 bits per heavy atom. The number of hydrogen-bond donors (Lipinski definition) is 0. The van der Waals surface area contributed by atoms with Gasteiger partial charge < -0.3 is 0 Å². The maximum Gasteiger partial charge on any atom is 0.266 e. The maximum atomic E-state index is 11.9. The summed E-state index contributed by atoms with van der Waals surface area (Å²) >= 11 is 0. The molecule has 0 spiro atoms. The van der Waals surface area contributed by atoms with Gasteiger partial charge in [-0.05, 0) is 32.3 Å². The zero-order valence-corrected chi connectivity index (χ0v) is 15.6. The molecular weight excluding hydrogens is 328 g/mol. The lowest BCUT2D eigenvalue weighted by Crippen LogP contribution is -2.47. The minimum atomic E-state index is -0.0137. The van der Waals surface area contributed by atoms with Crippen LogP contribution in [-0.2, 0) is 26.1 Å². The van der Waals surface area contributed by atoms with E-state index in [2.05, 4.69) is 30.9 Å². The number of hydrogen-bond acceptors (Lipinski definition) is 5. The fourth-order valence-electron chi connectivity index (χ4n) is 3.98. The van der Waals surface area contributed by atoms with E-state index in [4.69, 9.17) is 0 Å². The second-order valence-electron chi connectivity index (χ2n) is 7.45. The first-order valence-electron chi connectivity index (χ1n) is 9.72. The highest BCUT2D eigenvalue weighted by Crippen LogP contribution is 2.20. The summed E-state index contributed by atoms with van der Waals surface area (Å²) in [7, 11) is 0. The van der Waals surface area contributed by atoms with Gasteiger partial charge in [-0.3, -0.25) is 19.3 Å². The van der Waals surface area contributed by atoms with Gasteiger partial charge in [0.15, 0.2) is 0 Å². The molecule has 0 radical (unpaired) electrons. The normalized spacial score (nSPS) is 18.8. The summed E-state index contributed by atoms with van der Waals surface area (Å²) in [5.41, 5.74) is 3.73. The number of aryl methyl sites for hydroxylation is 2. The highest BCUT2D eigenvalue weighted by molar-refractivity contribution is 5.19. The molecule has 0 amide bonds. The van der Waals surface area contributed by atoms with E-state index in [9.17, 15) is 4.79 Å². The molecule has 2 aliphatic heterocycles. The molecule has 140 valence electrons. The zero-order chi connectivity index (χ0) is 17.9. The molecule has 4 heterocycles. The number of piperazine rings is 1. The summed E-state index contributed by atoms with van der Waals surface area (Å²) in [6, 6.07) is 3.37. The molecule has 0 saturated carbocycles. The molecule has 2 aromatic rings. The van der Waals surface area contributed by atoms with E-state index >= 15 is 0 Å². The topological polar surface area (TPSA) is 59.2 Å². The van der Waals surface area contributed by atoms with Gasteiger partial charge in [0.1, 0.15) is 0 Å². The van der Waals surface area contributed by atoms with Crippen LogP contribution in [0, 0.1) is 6.92 Å². The Morgan fingerprint density at radius 1 is 1.00 bits per heavy atom. The van der Waals surface area contributed by atoms with E-state index in [1.54, 1.807) is 16.8 Å². The summed E-state index contributed by atoms with van der Waals surface area (Å²) in [5, 5.41) is 8.88. The standard InChI is InChI=1S/C19H28N6O/c1-16-5-6-19(26)25(21-16)13-12-22-8-10-23(11-9-22)15-17-14-20-24-7-3-2-4-18(17)24/h5-6,14H,2-4,7-13,15H2,1H3. The monoisotopic (exact) mass is 356 g/mol. The van der Waals surface area contributed by atoms with Crippen LogP contribution in [0.25, 0.3) is 0 Å². The summed E-state index contributed by atoms with van der Waals surface area (Å²) in [5.74, 6) is 0. The van der Waals surface area contributed by atoms with Gasteiger partial charge in [0.2, 0.25) is 0 Å². The molecule has 0 aliphatic carbocycles. The van der Waals surface area contributed by atoms with Gasteiger partial charge in [-0.1, -0.05) is 0 Å². The third-order valence-corrected chi connectivity index (χ3v) is 5.56. The van der Waals surface area contributed by atoms with Crippen molar-refractivity contribution in [3.63, 3.8) is 0 Å². The van der Waals surface area contributed by atoms with E-state index < -0.39 is 0 Å². The van der Waals surface area contributed by atoms with Crippen LogP contribution in [0.5, 0.6) is 0 Å². The molecule has 7 heteroatoms. The van der Waals surface area contributed by atoms with Crippen LogP contribution in [0.15, 0.2) is 23.1 Å². The Morgan fingerprint density at radius 3 is 2.65 bits per heavy atom. The van der Waals surface area contributed by atoms with Crippen molar-refractivity contribution >= 4 is 0 Å². The molecule has 0 atom stereocenters. The van der Waals surface area contributed by atoms with Gasteiger partial charge in [0, 0.05) is 63.1 Å². The summed E-state index contributed by atoms with van der Waals surface area (Å²) < 4.78 is 3.78. The Hall–Kier alpha value is -1.99. The smallest absolute Gasteiger partial charge is 0.266 e. The molecule has 0 N–H and O–H groups in total. The van der Waals surface area contributed by atoms with Crippen LogP contribution >= 0.6 is 0 Å². The summed E-state index contributed by atoms with van der Waals surface area (Å²) in [6.07, 6.45) is 5.79. The van der Waals surface area contributed by atoms with Crippen molar-refractivity contribution in [2.24, 2.45) is 0 Å². The molecule has 0 unspecified atom stereocenters. The van der Waals surface area contributed by atoms with Crippen molar-refractivity contribution in [3.8, 4) is 0 Å². The molecule has 2 aromatic heterocycles. The van der Waals surface area contributed by atoms with Crippen LogP contribution in [0.2, 0.25) is 0 Å². The van der Waals surface area contributed by atoms with Gasteiger partial charge in [0.25, 0.3) is 5.56 Å². The Kier molecular flexibility index (Phi) is 5.17. The average Bonchev–Trinajstić information content (AvgIpc) is 3.07. The second-order valence-corrected chi connectivity index (χ2v) is 7.45. The van der Waals surface area contributed by atoms with E-state index in [-0.39, 0.29) is 5.56 Å². The van der Waals surface area contributed by atoms with E-state index in [1.165, 1.54) is 30.5 Å². The molecule has 4 rings (SSSR count). The van der Waals surface area contributed by atoms with Crippen LogP contribution in [-0.4, -0.2) is 62.1 Å².